The monoisotopic (exact) mass is 804 g/mol. The third-order valence-corrected chi connectivity index (χ3v) is 9.75. The van der Waals surface area contributed by atoms with Gasteiger partial charge in [0.25, 0.3) is 0 Å². The van der Waals surface area contributed by atoms with Crippen molar-refractivity contribution in [3.8, 4) is 0 Å². The van der Waals surface area contributed by atoms with E-state index in [1.54, 1.807) is 29.3 Å². The van der Waals surface area contributed by atoms with Crippen LogP contribution in [-0.4, -0.2) is 145 Å². The fraction of sp³-hybridized carbons (Fsp3) is 0.516. The Morgan fingerprint density at radius 2 is 1.25 bits per heavy atom. The highest BCUT2D eigenvalue weighted by Crippen LogP contribution is 2.34. The maximum atomic E-state index is 13.2. The molecule has 0 aromatic carbocycles. The Labute approximate surface area is 319 Å². The summed E-state index contributed by atoms with van der Waals surface area (Å²) < 4.78 is 34.3. The number of nitrogens with zero attached hydrogens (tertiary/aromatic N) is 12. The van der Waals surface area contributed by atoms with Gasteiger partial charge >= 0.3 is 6.08 Å². The summed E-state index contributed by atoms with van der Waals surface area (Å²) in [6.07, 6.45) is -3.32. The zero-order chi connectivity index (χ0) is 40.2. The first-order valence-corrected chi connectivity index (χ1v) is 17.5. The zero-order valence-corrected chi connectivity index (χ0v) is 30.5. The highest BCUT2D eigenvalue weighted by atomic mass is 35.5. The van der Waals surface area contributed by atoms with Gasteiger partial charge in [-0.15, -0.1) is 0 Å². The van der Waals surface area contributed by atoms with Crippen LogP contribution < -0.4 is 11.5 Å². The van der Waals surface area contributed by atoms with E-state index >= 15 is 0 Å². The second-order valence-electron chi connectivity index (χ2n) is 13.2. The zero-order valence-electron chi connectivity index (χ0n) is 29.8. The van der Waals surface area contributed by atoms with E-state index in [0.29, 0.717) is 28.7 Å². The summed E-state index contributed by atoms with van der Waals surface area (Å²) >= 11 is 5.77. The Bertz CT molecular complexity index is 2350. The molecule has 0 bridgehead atoms. The normalized spacial score (nSPS) is 30.2. The molecule has 3 fully saturated rings. The minimum Gasteiger partial charge on any atom is -0.394 e. The van der Waals surface area contributed by atoms with Crippen LogP contribution in [0.4, 0.5) is 16.0 Å². The molecule has 56 heavy (non-hydrogen) atoms. The Morgan fingerprint density at radius 3 is 1.80 bits per heavy atom. The maximum absolute atomic E-state index is 13.2. The van der Waals surface area contributed by atoms with Gasteiger partial charge in [-0.1, -0.05) is 0 Å². The molecule has 25 heteroatoms. The number of halogens is 2. The molecule has 3 saturated heterocycles. The van der Waals surface area contributed by atoms with Crippen LogP contribution in [0.2, 0.25) is 5.28 Å². The minimum atomic E-state index is -1.16. The summed E-state index contributed by atoms with van der Waals surface area (Å²) in [7, 11) is 0. The van der Waals surface area contributed by atoms with E-state index in [4.69, 9.17) is 42.4 Å². The number of imidazole rings is 3. The number of hydrogen-bond donors (Lipinski definition) is 8. The molecule has 6 aromatic rings. The molecule has 3 aliphatic rings. The second-order valence-corrected chi connectivity index (χ2v) is 13.6. The lowest BCUT2D eigenvalue weighted by Gasteiger charge is -2.16. The standard InChI is InChI=1S/C11H14N4O3.C10H12ClN5O3.C10H12FN5O3/c1-5-7-10(13-3-12-5)15(4-14-7)11-9(17)8(16)6(2)18-11;11-10-14-8(12)7-9(15-10)16(3-13-7)6-1-4(18)5(2-17)19-6;1-3-5(17)6(18)9(19-3)16-2-13-4-7(12)14-10(11)15-8(4)16/h3-4,6,8-9,11,16-17H,1-2H3;3-6,17-18H,1-2H2,(H2,12,14,15);2-3,5-6,9,17-18H,1H3,(H2,12,14,15)/t6-,8-,9-,11-;4-,5+,6+;3-,5-,6-,9-/m101/s1. The van der Waals surface area contributed by atoms with E-state index in [1.807, 2.05) is 6.92 Å². The maximum Gasteiger partial charge on any atom is 0.312 e. The lowest BCUT2D eigenvalue weighted by molar-refractivity contribution is -0.0432. The van der Waals surface area contributed by atoms with Crippen molar-refractivity contribution in [2.75, 3.05) is 18.1 Å². The summed E-state index contributed by atoms with van der Waals surface area (Å²) in [5.41, 5.74) is 14.5. The van der Waals surface area contributed by atoms with Crippen molar-refractivity contribution >= 4 is 56.7 Å². The van der Waals surface area contributed by atoms with E-state index in [9.17, 15) is 29.9 Å². The van der Waals surface area contributed by atoms with Crippen LogP contribution in [0.1, 0.15) is 44.6 Å². The topological polar surface area (TPSA) is 332 Å². The van der Waals surface area contributed by atoms with E-state index in [-0.39, 0.29) is 34.7 Å². The number of aliphatic hydroxyl groups is 6. The van der Waals surface area contributed by atoms with Crippen molar-refractivity contribution in [3.63, 3.8) is 0 Å². The van der Waals surface area contributed by atoms with Gasteiger partial charge in [-0.2, -0.15) is 24.3 Å². The summed E-state index contributed by atoms with van der Waals surface area (Å²) in [6.45, 7) is 4.93. The quantitative estimate of drug-likeness (QED) is 0.0956. The van der Waals surface area contributed by atoms with Gasteiger partial charge in [0, 0.05) is 6.42 Å². The number of nitrogen functional groups attached to an aromatic ring is 2. The Hall–Kier alpha value is -4.89. The van der Waals surface area contributed by atoms with Crippen LogP contribution in [-0.2, 0) is 14.2 Å². The number of nitrogens with two attached hydrogens (primary N) is 2. The van der Waals surface area contributed by atoms with E-state index in [0.717, 1.165) is 5.69 Å². The van der Waals surface area contributed by atoms with Gasteiger partial charge in [0.05, 0.1) is 49.6 Å². The van der Waals surface area contributed by atoms with Crippen LogP contribution in [0, 0.1) is 13.0 Å². The lowest BCUT2D eigenvalue weighted by Crippen LogP contribution is -2.30. The number of aliphatic hydroxyl groups excluding tert-OH is 6. The molecule has 11 atom stereocenters. The highest BCUT2D eigenvalue weighted by Gasteiger charge is 2.43. The molecule has 0 radical (unpaired) electrons. The third-order valence-electron chi connectivity index (χ3n) is 9.58. The number of fused-ring (bicyclic) bond motifs is 3. The van der Waals surface area contributed by atoms with Gasteiger partial charge in [0.1, 0.15) is 54.1 Å². The van der Waals surface area contributed by atoms with Crippen molar-refractivity contribution < 1.29 is 49.2 Å². The summed E-state index contributed by atoms with van der Waals surface area (Å²) in [5, 5.41) is 58.1. The Morgan fingerprint density at radius 1 is 0.714 bits per heavy atom. The molecule has 6 aromatic heterocycles. The van der Waals surface area contributed by atoms with Crippen molar-refractivity contribution in [1.29, 1.82) is 0 Å². The Kier molecular flexibility index (Phi) is 10.9. The first kappa shape index (κ1) is 39.3. The van der Waals surface area contributed by atoms with Gasteiger partial charge in [0.2, 0.25) is 5.28 Å². The average molecular weight is 805 g/mol. The Balaban J connectivity index is 0.000000129. The molecule has 10 N–H and O–H groups in total. The molecular formula is C31H38ClFN14O9. The molecule has 9 heterocycles. The molecule has 9 rings (SSSR count). The van der Waals surface area contributed by atoms with Gasteiger partial charge in [0.15, 0.2) is 46.5 Å². The van der Waals surface area contributed by atoms with Crippen LogP contribution in [0.25, 0.3) is 33.5 Å². The SMILES string of the molecule is C[C@H]1O[C@@H](n2cnc3c(N)nc(F)nc32)[C@H](O)[C@@H]1O.Cc1ncnc2c1ncn2[C@@H]1O[C@H](C)[C@@H](O)[C@H]1O.Nc1nc(Cl)nc2c1ncn2[C@H]1C[C@H](O)[C@@H](CO)O1. The molecule has 300 valence electrons. The number of aryl methyl sites for hydroxylation is 1. The van der Waals surface area contributed by atoms with E-state index in [1.165, 1.54) is 23.5 Å². The number of anilines is 2. The first-order valence-electron chi connectivity index (χ1n) is 17.1. The van der Waals surface area contributed by atoms with Crippen molar-refractivity contribution in [3.05, 3.63) is 42.4 Å². The molecule has 0 amide bonds. The van der Waals surface area contributed by atoms with Gasteiger partial charge in [-0.25, -0.2) is 24.9 Å². The number of rotatable bonds is 4. The molecule has 0 spiro atoms. The highest BCUT2D eigenvalue weighted by molar-refractivity contribution is 6.28. The van der Waals surface area contributed by atoms with E-state index in [2.05, 4.69) is 44.9 Å². The van der Waals surface area contributed by atoms with Gasteiger partial charge in [-0.3, -0.25) is 13.7 Å². The number of aromatic nitrogens is 12. The van der Waals surface area contributed by atoms with Crippen molar-refractivity contribution in [1.82, 2.24) is 58.6 Å². The summed E-state index contributed by atoms with van der Waals surface area (Å²) in [4.78, 5) is 35.3. The molecule has 0 saturated carbocycles. The molecule has 23 nitrogen and oxygen atoms in total. The molecule has 0 aliphatic carbocycles. The van der Waals surface area contributed by atoms with Crippen LogP contribution in [0.15, 0.2) is 25.3 Å². The third kappa shape index (κ3) is 7.15. The van der Waals surface area contributed by atoms with Gasteiger partial charge in [-0.05, 0) is 32.4 Å². The predicted molar refractivity (Wildman–Crippen MR) is 189 cm³/mol. The van der Waals surface area contributed by atoms with Crippen LogP contribution in [0.5, 0.6) is 0 Å². The van der Waals surface area contributed by atoms with Gasteiger partial charge < -0.3 is 56.3 Å². The van der Waals surface area contributed by atoms with Crippen LogP contribution >= 0.6 is 11.6 Å². The number of ether oxygens (including phenoxy) is 3. The fourth-order valence-corrected chi connectivity index (χ4v) is 6.71. The molecule has 0 unspecified atom stereocenters. The number of hydrogen-bond acceptors (Lipinski definition) is 20. The second kappa shape index (κ2) is 15.6. The van der Waals surface area contributed by atoms with Crippen LogP contribution in [0.3, 0.4) is 0 Å². The van der Waals surface area contributed by atoms with Crippen molar-refractivity contribution in [2.24, 2.45) is 0 Å². The summed E-state index contributed by atoms with van der Waals surface area (Å²) in [6, 6.07) is 0. The molecule has 3 aliphatic heterocycles. The predicted octanol–water partition coefficient (Wildman–Crippen LogP) is -1.34. The van der Waals surface area contributed by atoms with E-state index < -0.39 is 73.6 Å². The first-order chi connectivity index (χ1) is 26.7. The van der Waals surface area contributed by atoms with Crippen molar-refractivity contribution in [2.45, 2.75) is 94.7 Å². The minimum absolute atomic E-state index is 0.0176. The summed E-state index contributed by atoms with van der Waals surface area (Å²) in [5.74, 6) is 0.0911. The smallest absolute Gasteiger partial charge is 0.312 e. The fourth-order valence-electron chi connectivity index (χ4n) is 6.54. The largest absolute Gasteiger partial charge is 0.394 e. The lowest BCUT2D eigenvalue weighted by atomic mass is 10.1. The average Bonchev–Trinajstić information content (AvgIpc) is 4.01. The molecular weight excluding hydrogens is 767 g/mol.